The summed E-state index contributed by atoms with van der Waals surface area (Å²) >= 11 is 1.12. The zero-order valence-corrected chi connectivity index (χ0v) is 19.0. The number of amides is 1. The Kier molecular flexibility index (Phi) is 6.26. The Bertz CT molecular complexity index is 1160. The highest BCUT2D eigenvalue weighted by molar-refractivity contribution is 7.91. The molecule has 9 nitrogen and oxygen atoms in total. The van der Waals surface area contributed by atoms with Crippen molar-refractivity contribution in [2.24, 2.45) is 5.92 Å². The molecule has 1 fully saturated rings. The number of piperidine rings is 1. The first kappa shape index (κ1) is 21.7. The fourth-order valence-corrected chi connectivity index (χ4v) is 6.32. The predicted molar refractivity (Wildman–Crippen MR) is 114 cm³/mol. The number of nitrogens with one attached hydrogen (secondary N) is 1. The summed E-state index contributed by atoms with van der Waals surface area (Å²) in [5.74, 6) is 1.76. The Labute approximate surface area is 184 Å². The van der Waals surface area contributed by atoms with Crippen molar-refractivity contribution < 1.29 is 22.2 Å². The predicted octanol–water partition coefficient (Wildman–Crippen LogP) is 2.98. The number of hydrogen-bond acceptors (Lipinski definition) is 8. The van der Waals surface area contributed by atoms with Gasteiger partial charge in [-0.2, -0.15) is 9.29 Å². The van der Waals surface area contributed by atoms with E-state index in [1.54, 1.807) is 11.4 Å². The quantitative estimate of drug-likeness (QED) is 0.571. The lowest BCUT2D eigenvalue weighted by Gasteiger charge is -2.30. The van der Waals surface area contributed by atoms with E-state index < -0.39 is 15.9 Å². The monoisotopic (exact) mass is 464 g/mol. The second-order valence-corrected chi connectivity index (χ2v) is 10.5. The van der Waals surface area contributed by atoms with Crippen molar-refractivity contribution >= 4 is 27.3 Å². The number of furan rings is 1. The second kappa shape index (κ2) is 8.93. The molecule has 0 aromatic carbocycles. The minimum atomic E-state index is -3.71. The van der Waals surface area contributed by atoms with Gasteiger partial charge in [-0.05, 0) is 38.0 Å². The first-order chi connectivity index (χ1) is 14.9. The van der Waals surface area contributed by atoms with Crippen LogP contribution in [-0.2, 0) is 27.8 Å². The van der Waals surface area contributed by atoms with Crippen molar-refractivity contribution in [2.75, 3.05) is 13.1 Å². The molecule has 3 aromatic rings. The summed E-state index contributed by atoms with van der Waals surface area (Å²) in [4.78, 5) is 16.9. The maximum atomic E-state index is 13.2. The number of thiophene rings is 1. The summed E-state index contributed by atoms with van der Waals surface area (Å²) in [6.07, 6.45) is 1.88. The third-order valence-corrected chi connectivity index (χ3v) is 8.47. The number of sulfonamides is 1. The Hall–Kier alpha value is -2.50. The van der Waals surface area contributed by atoms with Crippen LogP contribution in [0.5, 0.6) is 0 Å². The third-order valence-electron chi connectivity index (χ3n) is 5.19. The Morgan fingerprint density at radius 3 is 2.94 bits per heavy atom. The van der Waals surface area contributed by atoms with E-state index >= 15 is 0 Å². The smallest absolute Gasteiger partial charge is 0.252 e. The van der Waals surface area contributed by atoms with Crippen LogP contribution in [0, 0.1) is 12.8 Å². The molecule has 31 heavy (non-hydrogen) atoms. The first-order valence-electron chi connectivity index (χ1n) is 10.1. The molecule has 1 atom stereocenters. The van der Waals surface area contributed by atoms with Gasteiger partial charge in [0.15, 0.2) is 0 Å². The van der Waals surface area contributed by atoms with Crippen LogP contribution in [0.15, 0.2) is 36.7 Å². The van der Waals surface area contributed by atoms with Crippen molar-refractivity contribution in [3.05, 3.63) is 41.0 Å². The van der Waals surface area contributed by atoms with Gasteiger partial charge in [-0.1, -0.05) is 12.1 Å². The minimum Gasteiger partial charge on any atom is -0.465 e. The molecular weight excluding hydrogens is 440 g/mol. The maximum Gasteiger partial charge on any atom is 0.252 e. The molecule has 11 heteroatoms. The number of aryl methyl sites for hydroxylation is 2. The molecular formula is C20H24N4O5S2. The molecule has 1 saturated heterocycles. The lowest BCUT2D eigenvalue weighted by atomic mass is 9.99. The van der Waals surface area contributed by atoms with E-state index in [9.17, 15) is 13.2 Å². The van der Waals surface area contributed by atoms with Crippen molar-refractivity contribution in [3.8, 4) is 11.4 Å². The van der Waals surface area contributed by atoms with Gasteiger partial charge in [0, 0.05) is 30.5 Å². The van der Waals surface area contributed by atoms with Gasteiger partial charge in [-0.3, -0.25) is 4.79 Å². The van der Waals surface area contributed by atoms with Crippen molar-refractivity contribution in [1.82, 2.24) is 19.8 Å². The molecule has 0 spiro atoms. The number of carbonyl (C=O) groups is 1. The van der Waals surface area contributed by atoms with Crippen LogP contribution < -0.4 is 5.32 Å². The average Bonchev–Trinajstić information content (AvgIpc) is 3.52. The highest BCUT2D eigenvalue weighted by Gasteiger charge is 2.34. The molecule has 0 saturated carbocycles. The van der Waals surface area contributed by atoms with Gasteiger partial charge in [-0.15, -0.1) is 11.3 Å². The summed E-state index contributed by atoms with van der Waals surface area (Å²) in [7, 11) is -3.71. The second-order valence-electron chi connectivity index (χ2n) is 7.45. The van der Waals surface area contributed by atoms with Crippen LogP contribution in [-0.4, -0.2) is 41.9 Å². The molecule has 1 aliphatic heterocycles. The van der Waals surface area contributed by atoms with Crippen LogP contribution in [0.2, 0.25) is 0 Å². The summed E-state index contributed by atoms with van der Waals surface area (Å²) in [5.41, 5.74) is 0.604. The first-order valence-corrected chi connectivity index (χ1v) is 12.4. The molecule has 0 unspecified atom stereocenters. The summed E-state index contributed by atoms with van der Waals surface area (Å²) in [6, 6.07) is 5.21. The van der Waals surface area contributed by atoms with Gasteiger partial charge in [0.1, 0.15) is 15.7 Å². The van der Waals surface area contributed by atoms with Crippen LogP contribution in [0.25, 0.3) is 11.4 Å². The van der Waals surface area contributed by atoms with Gasteiger partial charge in [-0.25, -0.2) is 8.42 Å². The van der Waals surface area contributed by atoms with E-state index in [0.29, 0.717) is 48.8 Å². The van der Waals surface area contributed by atoms with Crippen molar-refractivity contribution in [1.29, 1.82) is 0 Å². The Morgan fingerprint density at radius 2 is 2.23 bits per heavy atom. The fourth-order valence-electron chi connectivity index (χ4n) is 3.49. The van der Waals surface area contributed by atoms with E-state index in [4.69, 9.17) is 8.94 Å². The molecule has 1 amide bonds. The SMILES string of the molecule is CCc1nc(-c2csc(S(=O)(=O)N3CCC[C@H](C(=O)NCc4ccc(C)o4)C3)c2)no1. The third kappa shape index (κ3) is 4.73. The van der Waals surface area contributed by atoms with Gasteiger partial charge >= 0.3 is 0 Å². The zero-order chi connectivity index (χ0) is 22.0. The zero-order valence-electron chi connectivity index (χ0n) is 17.3. The van der Waals surface area contributed by atoms with E-state index in [0.717, 1.165) is 17.1 Å². The molecule has 3 aromatic heterocycles. The lowest BCUT2D eigenvalue weighted by Crippen LogP contribution is -2.45. The van der Waals surface area contributed by atoms with Gasteiger partial charge in [0.25, 0.3) is 10.0 Å². The number of hydrogen-bond donors (Lipinski definition) is 1. The van der Waals surface area contributed by atoms with Gasteiger partial charge < -0.3 is 14.3 Å². The van der Waals surface area contributed by atoms with E-state index in [1.807, 2.05) is 26.0 Å². The summed E-state index contributed by atoms with van der Waals surface area (Å²) in [5, 5.41) is 8.45. The lowest BCUT2D eigenvalue weighted by molar-refractivity contribution is -0.126. The number of carbonyl (C=O) groups excluding carboxylic acids is 1. The molecule has 0 bridgehead atoms. The highest BCUT2D eigenvalue weighted by atomic mass is 32.2. The molecule has 1 N–H and O–H groups in total. The van der Waals surface area contributed by atoms with Gasteiger partial charge in [0.05, 0.1) is 12.5 Å². The number of nitrogens with zero attached hydrogens (tertiary/aromatic N) is 3. The molecule has 4 rings (SSSR count). The molecule has 4 heterocycles. The molecule has 166 valence electrons. The maximum absolute atomic E-state index is 13.2. The standard InChI is InChI=1S/C20H24N4O5S2/c1-3-17-22-19(23-29-17)15-9-18(30-12-15)31(26,27)24-8-4-5-14(11-24)20(25)21-10-16-7-6-13(2)28-16/h6-7,9,12,14H,3-5,8,10-11H2,1-2H3,(H,21,25)/t14-/m0/s1. The molecule has 0 aliphatic carbocycles. The highest BCUT2D eigenvalue weighted by Crippen LogP contribution is 2.31. The number of aromatic nitrogens is 2. The van der Waals surface area contributed by atoms with Crippen LogP contribution in [0.3, 0.4) is 0 Å². The summed E-state index contributed by atoms with van der Waals surface area (Å²) < 4.78 is 38.5. The Balaban J connectivity index is 1.42. The topological polar surface area (TPSA) is 119 Å². The van der Waals surface area contributed by atoms with Crippen LogP contribution >= 0.6 is 11.3 Å². The van der Waals surface area contributed by atoms with E-state index in [-0.39, 0.29) is 23.2 Å². The minimum absolute atomic E-state index is 0.154. The van der Waals surface area contributed by atoms with Gasteiger partial charge in [0.2, 0.25) is 17.6 Å². The van der Waals surface area contributed by atoms with Crippen LogP contribution in [0.4, 0.5) is 0 Å². The largest absolute Gasteiger partial charge is 0.465 e. The Morgan fingerprint density at radius 1 is 1.39 bits per heavy atom. The normalized spacial score (nSPS) is 17.7. The fraction of sp³-hybridized carbons (Fsp3) is 0.450. The molecule has 1 aliphatic rings. The average molecular weight is 465 g/mol. The summed E-state index contributed by atoms with van der Waals surface area (Å²) in [6.45, 7) is 4.57. The van der Waals surface area contributed by atoms with E-state index in [1.165, 1.54) is 4.31 Å². The van der Waals surface area contributed by atoms with Crippen molar-refractivity contribution in [2.45, 2.75) is 43.9 Å². The van der Waals surface area contributed by atoms with Crippen molar-refractivity contribution in [3.63, 3.8) is 0 Å². The molecule has 0 radical (unpaired) electrons. The van der Waals surface area contributed by atoms with E-state index in [2.05, 4.69) is 15.5 Å². The van der Waals surface area contributed by atoms with Crippen LogP contribution in [0.1, 0.15) is 37.2 Å². The number of rotatable bonds is 7.